The van der Waals surface area contributed by atoms with Gasteiger partial charge in [-0.05, 0) is 25.1 Å². The van der Waals surface area contributed by atoms with Crippen molar-refractivity contribution in [2.24, 2.45) is 11.8 Å². The summed E-state index contributed by atoms with van der Waals surface area (Å²) in [5.41, 5.74) is 2.05. The van der Waals surface area contributed by atoms with E-state index < -0.39 is 0 Å². The zero-order valence-corrected chi connectivity index (χ0v) is 13.6. The fourth-order valence-electron chi connectivity index (χ4n) is 3.14. The minimum atomic E-state index is 0.0782. The molecule has 118 valence electrons. The predicted octanol–water partition coefficient (Wildman–Crippen LogP) is 2.81. The number of furan rings is 1. The van der Waals surface area contributed by atoms with E-state index in [0.717, 1.165) is 41.8 Å². The van der Waals surface area contributed by atoms with E-state index in [1.807, 2.05) is 37.1 Å². The standard InChI is InChI=1S/C18H24N2O2/c1-4-16-15(14-7-5-6-8-17(14)22-16)11-20(3)18(21)12(2)13-9-19-10-13/h5-8,12-13,19H,4,9-11H2,1-3H3. The molecule has 4 heteroatoms. The molecule has 1 unspecified atom stereocenters. The summed E-state index contributed by atoms with van der Waals surface area (Å²) in [6, 6.07) is 8.06. The summed E-state index contributed by atoms with van der Waals surface area (Å²) in [5.74, 6) is 1.76. The van der Waals surface area contributed by atoms with E-state index in [9.17, 15) is 4.79 Å². The van der Waals surface area contributed by atoms with Crippen molar-refractivity contribution in [2.45, 2.75) is 26.8 Å². The van der Waals surface area contributed by atoms with Crippen LogP contribution in [0, 0.1) is 11.8 Å². The first kappa shape index (κ1) is 15.1. The highest BCUT2D eigenvalue weighted by Crippen LogP contribution is 2.28. The highest BCUT2D eigenvalue weighted by atomic mass is 16.3. The second-order valence-electron chi connectivity index (χ2n) is 6.25. The van der Waals surface area contributed by atoms with Gasteiger partial charge in [0.05, 0.1) is 0 Å². The Morgan fingerprint density at radius 3 is 2.77 bits per heavy atom. The number of carbonyl (C=O) groups is 1. The summed E-state index contributed by atoms with van der Waals surface area (Å²) in [6.45, 7) is 6.65. The summed E-state index contributed by atoms with van der Waals surface area (Å²) < 4.78 is 5.92. The highest BCUT2D eigenvalue weighted by molar-refractivity contribution is 5.83. The Kier molecular flexibility index (Phi) is 4.21. The molecular formula is C18H24N2O2. The monoisotopic (exact) mass is 300 g/mol. The van der Waals surface area contributed by atoms with Gasteiger partial charge in [-0.15, -0.1) is 0 Å². The predicted molar refractivity (Wildman–Crippen MR) is 87.6 cm³/mol. The average Bonchev–Trinajstić information content (AvgIpc) is 2.82. The topological polar surface area (TPSA) is 45.5 Å². The Hall–Kier alpha value is -1.81. The van der Waals surface area contributed by atoms with Gasteiger partial charge in [-0.3, -0.25) is 4.79 Å². The number of nitrogens with zero attached hydrogens (tertiary/aromatic N) is 1. The van der Waals surface area contributed by atoms with E-state index in [4.69, 9.17) is 4.42 Å². The van der Waals surface area contributed by atoms with E-state index in [2.05, 4.69) is 18.3 Å². The third-order valence-electron chi connectivity index (χ3n) is 4.78. The van der Waals surface area contributed by atoms with Crippen LogP contribution in [0.5, 0.6) is 0 Å². The smallest absolute Gasteiger partial charge is 0.225 e. The first-order chi connectivity index (χ1) is 10.6. The summed E-state index contributed by atoms with van der Waals surface area (Å²) in [4.78, 5) is 14.5. The van der Waals surface area contributed by atoms with Gasteiger partial charge in [-0.1, -0.05) is 32.0 Å². The number of para-hydroxylation sites is 1. The van der Waals surface area contributed by atoms with Crippen molar-refractivity contribution in [3.8, 4) is 0 Å². The van der Waals surface area contributed by atoms with Crippen LogP contribution in [0.3, 0.4) is 0 Å². The zero-order valence-electron chi connectivity index (χ0n) is 13.6. The molecule has 2 aromatic rings. The number of hydrogen-bond acceptors (Lipinski definition) is 3. The first-order valence-electron chi connectivity index (χ1n) is 8.06. The van der Waals surface area contributed by atoms with E-state index in [0.29, 0.717) is 12.5 Å². The molecule has 3 rings (SSSR count). The fourth-order valence-corrected chi connectivity index (χ4v) is 3.14. The third kappa shape index (κ3) is 2.63. The SMILES string of the molecule is CCc1oc2ccccc2c1CN(C)C(=O)C(C)C1CNC1. The van der Waals surface area contributed by atoms with Crippen LogP contribution < -0.4 is 5.32 Å². The van der Waals surface area contributed by atoms with Crippen LogP contribution in [0.1, 0.15) is 25.2 Å². The number of rotatable bonds is 5. The Balaban J connectivity index is 1.81. The quantitative estimate of drug-likeness (QED) is 0.923. The number of hydrogen-bond donors (Lipinski definition) is 1. The lowest BCUT2D eigenvalue weighted by Gasteiger charge is -2.34. The molecule has 1 aromatic carbocycles. The molecule has 1 atom stereocenters. The molecule has 1 aliphatic heterocycles. The lowest BCUT2D eigenvalue weighted by Crippen LogP contribution is -2.49. The number of aryl methyl sites for hydroxylation is 1. The molecule has 1 aromatic heterocycles. The highest BCUT2D eigenvalue weighted by Gasteiger charge is 2.31. The fraction of sp³-hybridized carbons (Fsp3) is 0.500. The van der Waals surface area contributed by atoms with Crippen LogP contribution >= 0.6 is 0 Å². The molecule has 2 heterocycles. The van der Waals surface area contributed by atoms with Crippen LogP contribution in [0.2, 0.25) is 0 Å². The summed E-state index contributed by atoms with van der Waals surface area (Å²) >= 11 is 0. The van der Waals surface area contributed by atoms with Crippen LogP contribution in [0.4, 0.5) is 0 Å². The van der Waals surface area contributed by atoms with Crippen LogP contribution in [0.15, 0.2) is 28.7 Å². The number of fused-ring (bicyclic) bond motifs is 1. The van der Waals surface area contributed by atoms with Crippen molar-refractivity contribution in [3.63, 3.8) is 0 Å². The van der Waals surface area contributed by atoms with Crippen LogP contribution in [-0.4, -0.2) is 30.9 Å². The van der Waals surface area contributed by atoms with Crippen molar-refractivity contribution in [1.29, 1.82) is 0 Å². The molecule has 0 radical (unpaired) electrons. The molecule has 0 spiro atoms. The van der Waals surface area contributed by atoms with Gasteiger partial charge in [0.15, 0.2) is 0 Å². The Bertz CT molecular complexity index is 673. The Morgan fingerprint density at radius 1 is 1.41 bits per heavy atom. The summed E-state index contributed by atoms with van der Waals surface area (Å²) in [7, 11) is 1.89. The number of carbonyl (C=O) groups excluding carboxylic acids is 1. The van der Waals surface area contributed by atoms with Gasteiger partial charge in [0.1, 0.15) is 11.3 Å². The lowest BCUT2D eigenvalue weighted by molar-refractivity contribution is -0.136. The number of benzene rings is 1. The molecule has 1 saturated heterocycles. The minimum Gasteiger partial charge on any atom is -0.461 e. The van der Waals surface area contributed by atoms with E-state index >= 15 is 0 Å². The molecule has 1 aliphatic rings. The van der Waals surface area contributed by atoms with Crippen molar-refractivity contribution < 1.29 is 9.21 Å². The normalized spacial score (nSPS) is 16.5. The number of nitrogens with one attached hydrogen (secondary N) is 1. The molecule has 1 amide bonds. The van der Waals surface area contributed by atoms with Crippen molar-refractivity contribution in [1.82, 2.24) is 10.2 Å². The van der Waals surface area contributed by atoms with E-state index in [1.165, 1.54) is 0 Å². The van der Waals surface area contributed by atoms with Gasteiger partial charge in [-0.2, -0.15) is 0 Å². The largest absolute Gasteiger partial charge is 0.461 e. The van der Waals surface area contributed by atoms with Gasteiger partial charge >= 0.3 is 0 Å². The van der Waals surface area contributed by atoms with E-state index in [1.54, 1.807) is 0 Å². The third-order valence-corrected chi connectivity index (χ3v) is 4.78. The zero-order chi connectivity index (χ0) is 15.7. The lowest BCUT2D eigenvalue weighted by atomic mass is 9.88. The molecule has 1 fully saturated rings. The first-order valence-corrected chi connectivity index (χ1v) is 8.06. The van der Waals surface area contributed by atoms with Crippen molar-refractivity contribution in [2.75, 3.05) is 20.1 Å². The van der Waals surface area contributed by atoms with Gasteiger partial charge in [-0.25, -0.2) is 0 Å². The maximum atomic E-state index is 12.6. The maximum Gasteiger partial charge on any atom is 0.225 e. The van der Waals surface area contributed by atoms with E-state index in [-0.39, 0.29) is 11.8 Å². The molecule has 22 heavy (non-hydrogen) atoms. The van der Waals surface area contributed by atoms with Crippen molar-refractivity contribution >= 4 is 16.9 Å². The van der Waals surface area contributed by atoms with Crippen LogP contribution in [-0.2, 0) is 17.8 Å². The second-order valence-corrected chi connectivity index (χ2v) is 6.25. The second kappa shape index (κ2) is 6.13. The van der Waals surface area contributed by atoms with Crippen LogP contribution in [0.25, 0.3) is 11.0 Å². The molecular weight excluding hydrogens is 276 g/mol. The molecule has 0 aliphatic carbocycles. The molecule has 1 N–H and O–H groups in total. The van der Waals surface area contributed by atoms with Gasteiger partial charge in [0.25, 0.3) is 0 Å². The minimum absolute atomic E-state index is 0.0782. The Labute approximate surface area is 131 Å². The number of amides is 1. The average molecular weight is 300 g/mol. The molecule has 4 nitrogen and oxygen atoms in total. The Morgan fingerprint density at radius 2 is 2.14 bits per heavy atom. The van der Waals surface area contributed by atoms with Gasteiger partial charge in [0, 0.05) is 36.9 Å². The van der Waals surface area contributed by atoms with Gasteiger partial charge < -0.3 is 14.6 Å². The van der Waals surface area contributed by atoms with Gasteiger partial charge in [0.2, 0.25) is 5.91 Å². The molecule has 0 saturated carbocycles. The van der Waals surface area contributed by atoms with Crippen molar-refractivity contribution in [3.05, 3.63) is 35.6 Å². The summed E-state index contributed by atoms with van der Waals surface area (Å²) in [5, 5.41) is 4.36. The maximum absolute atomic E-state index is 12.6. The summed E-state index contributed by atoms with van der Waals surface area (Å²) in [6.07, 6.45) is 0.841. The molecule has 0 bridgehead atoms.